The second-order valence-electron chi connectivity index (χ2n) is 8.24. The Hall–Kier alpha value is -2.32. The summed E-state index contributed by atoms with van der Waals surface area (Å²) in [5.41, 5.74) is 2.65. The van der Waals surface area contributed by atoms with Crippen LogP contribution in [0.5, 0.6) is 0 Å². The Kier molecular flexibility index (Phi) is 5.65. The van der Waals surface area contributed by atoms with Gasteiger partial charge in [0, 0.05) is 25.8 Å². The van der Waals surface area contributed by atoms with E-state index < -0.39 is 0 Å². The highest BCUT2D eigenvalue weighted by molar-refractivity contribution is 5.96. The van der Waals surface area contributed by atoms with Gasteiger partial charge in [0.15, 0.2) is 5.82 Å². The SMILES string of the molecule is COCCn1nnnc1C1(N2CCCC2)CCN(C(=O)c2ccc(C)cc2C)C1. The Balaban J connectivity index is 1.64. The van der Waals surface area contributed by atoms with E-state index in [1.54, 1.807) is 7.11 Å². The van der Waals surface area contributed by atoms with Crippen LogP contribution in [0.2, 0.25) is 0 Å². The molecule has 2 fully saturated rings. The van der Waals surface area contributed by atoms with Crippen molar-refractivity contribution >= 4 is 5.91 Å². The van der Waals surface area contributed by atoms with E-state index in [2.05, 4.69) is 33.4 Å². The number of hydrogen-bond acceptors (Lipinski definition) is 6. The number of tetrazole rings is 1. The molecule has 2 aliphatic rings. The van der Waals surface area contributed by atoms with Gasteiger partial charge in [-0.25, -0.2) is 4.68 Å². The summed E-state index contributed by atoms with van der Waals surface area (Å²) in [7, 11) is 1.68. The second-order valence-corrected chi connectivity index (χ2v) is 8.24. The number of carbonyl (C=O) groups is 1. The minimum Gasteiger partial charge on any atom is -0.383 e. The van der Waals surface area contributed by atoms with Gasteiger partial charge in [0.05, 0.1) is 13.2 Å². The number of amides is 1. The molecule has 8 heteroatoms. The fourth-order valence-electron chi connectivity index (χ4n) is 4.78. The Morgan fingerprint density at radius 2 is 2.00 bits per heavy atom. The lowest BCUT2D eigenvalue weighted by Crippen LogP contribution is -2.49. The smallest absolute Gasteiger partial charge is 0.254 e. The highest BCUT2D eigenvalue weighted by atomic mass is 16.5. The molecular formula is C21H30N6O2. The quantitative estimate of drug-likeness (QED) is 0.738. The molecule has 1 aromatic carbocycles. The van der Waals surface area contributed by atoms with Crippen molar-refractivity contribution in [3.63, 3.8) is 0 Å². The summed E-state index contributed by atoms with van der Waals surface area (Å²) in [5, 5.41) is 12.6. The van der Waals surface area contributed by atoms with Crippen LogP contribution >= 0.6 is 0 Å². The maximum Gasteiger partial charge on any atom is 0.254 e. The molecule has 0 bridgehead atoms. The van der Waals surface area contributed by atoms with Crippen LogP contribution in [0.15, 0.2) is 18.2 Å². The number of ether oxygens (including phenoxy) is 1. The van der Waals surface area contributed by atoms with Gasteiger partial charge in [0.1, 0.15) is 5.54 Å². The Morgan fingerprint density at radius 3 is 2.72 bits per heavy atom. The van der Waals surface area contributed by atoms with Crippen LogP contribution in [-0.2, 0) is 16.8 Å². The second kappa shape index (κ2) is 8.20. The number of benzene rings is 1. The van der Waals surface area contributed by atoms with Gasteiger partial charge < -0.3 is 9.64 Å². The van der Waals surface area contributed by atoms with E-state index in [1.807, 2.05) is 28.6 Å². The van der Waals surface area contributed by atoms with Crippen LogP contribution in [0.3, 0.4) is 0 Å². The highest BCUT2D eigenvalue weighted by Crippen LogP contribution is 2.39. The number of rotatable bonds is 6. The van der Waals surface area contributed by atoms with E-state index in [4.69, 9.17) is 4.74 Å². The van der Waals surface area contributed by atoms with Crippen molar-refractivity contribution in [1.29, 1.82) is 0 Å². The zero-order valence-electron chi connectivity index (χ0n) is 17.6. The van der Waals surface area contributed by atoms with Gasteiger partial charge in [-0.3, -0.25) is 9.69 Å². The summed E-state index contributed by atoms with van der Waals surface area (Å²) < 4.78 is 7.09. The molecule has 0 radical (unpaired) electrons. The topological polar surface area (TPSA) is 76.4 Å². The first kappa shape index (κ1) is 20.0. The molecule has 2 saturated heterocycles. The summed E-state index contributed by atoms with van der Waals surface area (Å²) in [6.07, 6.45) is 3.19. The van der Waals surface area contributed by atoms with Crippen molar-refractivity contribution in [2.45, 2.75) is 45.2 Å². The van der Waals surface area contributed by atoms with Crippen molar-refractivity contribution in [1.82, 2.24) is 30.0 Å². The molecule has 0 spiro atoms. The van der Waals surface area contributed by atoms with Crippen molar-refractivity contribution in [3.8, 4) is 0 Å². The van der Waals surface area contributed by atoms with Gasteiger partial charge >= 0.3 is 0 Å². The van der Waals surface area contributed by atoms with E-state index in [-0.39, 0.29) is 11.4 Å². The van der Waals surface area contributed by atoms with Crippen LogP contribution in [0, 0.1) is 13.8 Å². The summed E-state index contributed by atoms with van der Waals surface area (Å²) in [4.78, 5) is 17.8. The van der Waals surface area contributed by atoms with E-state index in [0.717, 1.165) is 36.5 Å². The molecule has 8 nitrogen and oxygen atoms in total. The predicted molar refractivity (Wildman–Crippen MR) is 109 cm³/mol. The summed E-state index contributed by atoms with van der Waals surface area (Å²) in [6, 6.07) is 6.03. The zero-order chi connectivity index (χ0) is 20.4. The van der Waals surface area contributed by atoms with Gasteiger partial charge in [-0.2, -0.15) is 0 Å². The molecule has 0 N–H and O–H groups in total. The lowest BCUT2D eigenvalue weighted by atomic mass is 9.95. The molecule has 1 aromatic heterocycles. The maximum atomic E-state index is 13.3. The average molecular weight is 399 g/mol. The predicted octanol–water partition coefficient (Wildman–Crippen LogP) is 1.77. The molecule has 0 aliphatic carbocycles. The first-order chi connectivity index (χ1) is 14.0. The minimum atomic E-state index is -0.331. The maximum absolute atomic E-state index is 13.3. The van der Waals surface area contributed by atoms with Crippen LogP contribution in [-0.4, -0.2) is 75.8 Å². The average Bonchev–Trinajstić information content (AvgIpc) is 3.46. The Bertz CT molecular complexity index is 876. The third-order valence-electron chi connectivity index (χ3n) is 6.31. The lowest BCUT2D eigenvalue weighted by molar-refractivity contribution is 0.0697. The monoisotopic (exact) mass is 398 g/mol. The van der Waals surface area contributed by atoms with Gasteiger partial charge in [0.25, 0.3) is 5.91 Å². The number of aromatic nitrogens is 4. The largest absolute Gasteiger partial charge is 0.383 e. The number of hydrogen-bond donors (Lipinski definition) is 0. The van der Waals surface area contributed by atoms with E-state index >= 15 is 0 Å². The first-order valence-corrected chi connectivity index (χ1v) is 10.4. The molecular weight excluding hydrogens is 368 g/mol. The van der Waals surface area contributed by atoms with E-state index in [1.165, 1.54) is 18.4 Å². The molecule has 1 unspecified atom stereocenters. The van der Waals surface area contributed by atoms with Gasteiger partial charge in [-0.15, -0.1) is 5.10 Å². The van der Waals surface area contributed by atoms with Gasteiger partial charge in [-0.1, -0.05) is 17.7 Å². The molecule has 1 amide bonds. The van der Waals surface area contributed by atoms with Crippen LogP contribution in [0.1, 0.15) is 46.6 Å². The van der Waals surface area contributed by atoms with Gasteiger partial charge in [0.2, 0.25) is 0 Å². The zero-order valence-corrected chi connectivity index (χ0v) is 17.6. The molecule has 4 rings (SSSR count). The van der Waals surface area contributed by atoms with Crippen molar-refractivity contribution in [3.05, 3.63) is 40.7 Å². The van der Waals surface area contributed by atoms with Crippen LogP contribution in [0.25, 0.3) is 0 Å². The molecule has 1 atom stereocenters. The van der Waals surface area contributed by atoms with Crippen LogP contribution in [0.4, 0.5) is 0 Å². The summed E-state index contributed by atoms with van der Waals surface area (Å²) >= 11 is 0. The number of aryl methyl sites for hydroxylation is 2. The number of nitrogens with zero attached hydrogens (tertiary/aromatic N) is 6. The van der Waals surface area contributed by atoms with Crippen molar-refractivity contribution in [2.75, 3.05) is 39.9 Å². The molecule has 156 valence electrons. The molecule has 29 heavy (non-hydrogen) atoms. The number of methoxy groups -OCH3 is 1. The lowest BCUT2D eigenvalue weighted by Gasteiger charge is -2.37. The summed E-state index contributed by atoms with van der Waals surface area (Å²) in [6.45, 7) is 8.58. The number of likely N-dealkylation sites (tertiary alicyclic amines) is 2. The molecule has 2 aromatic rings. The fourth-order valence-corrected chi connectivity index (χ4v) is 4.78. The molecule has 0 saturated carbocycles. The third-order valence-corrected chi connectivity index (χ3v) is 6.31. The minimum absolute atomic E-state index is 0.0967. The van der Waals surface area contributed by atoms with Crippen LogP contribution < -0.4 is 0 Å². The van der Waals surface area contributed by atoms with Crippen molar-refractivity contribution in [2.24, 2.45) is 0 Å². The standard InChI is InChI=1S/C21H30N6O2/c1-16-6-7-18(17(2)14-16)19(28)25-11-8-21(15-25,26-9-4-5-10-26)20-22-23-24-27(20)12-13-29-3/h6-7,14H,4-5,8-13,15H2,1-3H3. The Labute approximate surface area is 171 Å². The third kappa shape index (κ3) is 3.67. The van der Waals surface area contributed by atoms with Gasteiger partial charge in [-0.05, 0) is 68.3 Å². The molecule has 2 aliphatic heterocycles. The summed E-state index contributed by atoms with van der Waals surface area (Å²) in [5.74, 6) is 0.951. The molecule has 3 heterocycles. The normalized spacial score (nSPS) is 22.5. The van der Waals surface area contributed by atoms with Crippen molar-refractivity contribution < 1.29 is 9.53 Å². The number of carbonyl (C=O) groups excluding carboxylic acids is 1. The van der Waals surface area contributed by atoms with E-state index in [9.17, 15) is 4.79 Å². The van der Waals surface area contributed by atoms with E-state index in [0.29, 0.717) is 26.2 Å². The Morgan fingerprint density at radius 1 is 1.21 bits per heavy atom. The highest BCUT2D eigenvalue weighted by Gasteiger charge is 2.50. The first-order valence-electron chi connectivity index (χ1n) is 10.4. The fraction of sp³-hybridized carbons (Fsp3) is 0.619.